The molecule has 1 aromatic heterocycles. The fourth-order valence-electron chi connectivity index (χ4n) is 2.96. The summed E-state index contributed by atoms with van der Waals surface area (Å²) < 4.78 is 0. The van der Waals surface area contributed by atoms with Crippen molar-refractivity contribution < 1.29 is 5.21 Å². The van der Waals surface area contributed by atoms with Gasteiger partial charge < -0.3 is 5.21 Å². The molecule has 3 nitrogen and oxygen atoms in total. The Morgan fingerprint density at radius 1 is 0.826 bits per heavy atom. The van der Waals surface area contributed by atoms with Crippen LogP contribution in [-0.2, 0) is 0 Å². The average molecular weight is 298 g/mol. The first kappa shape index (κ1) is 13.5. The normalized spacial score (nSPS) is 11.5. The van der Waals surface area contributed by atoms with Crippen LogP contribution in [0.1, 0.15) is 5.69 Å². The first-order chi connectivity index (χ1) is 11.4. The summed E-state index contributed by atoms with van der Waals surface area (Å²) in [5, 5.41) is 15.4. The molecule has 1 N–H and O–H groups in total. The second-order valence-electron chi connectivity index (χ2n) is 5.39. The standard InChI is InChI=1S/C20H14N2O/c23-21-13-16-12-19(14-6-2-1-3-7-14)18-11-10-15-8-4-5-9-17(15)20(18)22-16/h1-13,23H/b21-13-. The minimum absolute atomic E-state index is 0.634. The quantitative estimate of drug-likeness (QED) is 0.248. The molecular weight excluding hydrogens is 284 g/mol. The number of aromatic nitrogens is 1. The highest BCUT2D eigenvalue weighted by Crippen LogP contribution is 2.32. The van der Waals surface area contributed by atoms with Crippen LogP contribution in [-0.4, -0.2) is 16.4 Å². The van der Waals surface area contributed by atoms with Crippen molar-refractivity contribution in [1.29, 1.82) is 0 Å². The second kappa shape index (κ2) is 5.54. The number of fused-ring (bicyclic) bond motifs is 3. The summed E-state index contributed by atoms with van der Waals surface area (Å²) in [5.41, 5.74) is 3.74. The van der Waals surface area contributed by atoms with Crippen LogP contribution in [0.15, 0.2) is 78.0 Å². The van der Waals surface area contributed by atoms with Crippen LogP contribution in [0, 0.1) is 0 Å². The number of hydrogen-bond donors (Lipinski definition) is 1. The van der Waals surface area contributed by atoms with Crippen molar-refractivity contribution in [3.8, 4) is 11.1 Å². The third-order valence-corrected chi connectivity index (χ3v) is 4.00. The molecule has 23 heavy (non-hydrogen) atoms. The van der Waals surface area contributed by atoms with Gasteiger partial charge in [0, 0.05) is 10.8 Å². The number of pyridine rings is 1. The SMILES string of the molecule is O/N=C\c1cc(-c2ccccc2)c2ccc3ccccc3c2n1. The van der Waals surface area contributed by atoms with Crippen LogP contribution >= 0.6 is 0 Å². The number of hydrogen-bond acceptors (Lipinski definition) is 3. The van der Waals surface area contributed by atoms with Gasteiger partial charge in [-0.2, -0.15) is 0 Å². The molecule has 3 aromatic carbocycles. The third-order valence-electron chi connectivity index (χ3n) is 4.00. The maximum Gasteiger partial charge on any atom is 0.0918 e. The maximum atomic E-state index is 8.90. The van der Waals surface area contributed by atoms with E-state index in [4.69, 9.17) is 5.21 Å². The van der Waals surface area contributed by atoms with Gasteiger partial charge >= 0.3 is 0 Å². The summed E-state index contributed by atoms with van der Waals surface area (Å²) >= 11 is 0. The third kappa shape index (κ3) is 2.32. The summed E-state index contributed by atoms with van der Waals surface area (Å²) in [6, 6.07) is 24.5. The molecular formula is C20H14N2O. The number of nitrogens with zero attached hydrogens (tertiary/aromatic N) is 2. The van der Waals surface area contributed by atoms with Crippen LogP contribution in [0.5, 0.6) is 0 Å². The van der Waals surface area contributed by atoms with Gasteiger partial charge in [-0.25, -0.2) is 4.98 Å². The minimum Gasteiger partial charge on any atom is -0.411 e. The molecule has 0 fully saturated rings. The molecule has 1 heterocycles. The predicted molar refractivity (Wildman–Crippen MR) is 94.1 cm³/mol. The Balaban J connectivity index is 2.14. The molecule has 0 bridgehead atoms. The van der Waals surface area contributed by atoms with Crippen molar-refractivity contribution in [2.75, 3.05) is 0 Å². The maximum absolute atomic E-state index is 8.90. The van der Waals surface area contributed by atoms with Crippen molar-refractivity contribution in [2.45, 2.75) is 0 Å². The molecule has 110 valence electrons. The Labute approximate surface area is 133 Å². The van der Waals surface area contributed by atoms with Gasteiger partial charge in [0.25, 0.3) is 0 Å². The number of rotatable bonds is 2. The van der Waals surface area contributed by atoms with Crippen molar-refractivity contribution >= 4 is 27.9 Å². The molecule has 0 spiro atoms. The zero-order valence-corrected chi connectivity index (χ0v) is 12.3. The summed E-state index contributed by atoms with van der Waals surface area (Å²) in [6.07, 6.45) is 1.37. The predicted octanol–water partition coefficient (Wildman–Crippen LogP) is 4.86. The van der Waals surface area contributed by atoms with Crippen LogP contribution in [0.4, 0.5) is 0 Å². The first-order valence-corrected chi connectivity index (χ1v) is 7.42. The van der Waals surface area contributed by atoms with Crippen LogP contribution < -0.4 is 0 Å². The Morgan fingerprint density at radius 2 is 1.61 bits per heavy atom. The van der Waals surface area contributed by atoms with E-state index in [1.165, 1.54) is 6.21 Å². The van der Waals surface area contributed by atoms with Crippen LogP contribution in [0.25, 0.3) is 32.8 Å². The fraction of sp³-hybridized carbons (Fsp3) is 0. The zero-order chi connectivity index (χ0) is 15.6. The van der Waals surface area contributed by atoms with E-state index in [0.717, 1.165) is 32.8 Å². The van der Waals surface area contributed by atoms with Gasteiger partial charge in [-0.15, -0.1) is 0 Å². The van der Waals surface area contributed by atoms with Gasteiger partial charge in [0.1, 0.15) is 0 Å². The molecule has 0 unspecified atom stereocenters. The topological polar surface area (TPSA) is 45.5 Å². The Hall–Kier alpha value is -3.20. The van der Waals surface area contributed by atoms with Crippen molar-refractivity contribution in [2.24, 2.45) is 5.16 Å². The van der Waals surface area contributed by atoms with Gasteiger partial charge in [0.15, 0.2) is 0 Å². The molecule has 0 saturated carbocycles. The largest absolute Gasteiger partial charge is 0.411 e. The van der Waals surface area contributed by atoms with Crippen LogP contribution in [0.3, 0.4) is 0 Å². The van der Waals surface area contributed by atoms with Gasteiger partial charge in [0.05, 0.1) is 17.4 Å². The highest BCUT2D eigenvalue weighted by atomic mass is 16.4. The Kier molecular flexibility index (Phi) is 3.24. The van der Waals surface area contributed by atoms with E-state index in [-0.39, 0.29) is 0 Å². The molecule has 4 aromatic rings. The average Bonchev–Trinajstić information content (AvgIpc) is 2.62. The van der Waals surface area contributed by atoms with E-state index in [9.17, 15) is 0 Å². The van der Waals surface area contributed by atoms with Crippen LogP contribution in [0.2, 0.25) is 0 Å². The van der Waals surface area contributed by atoms with E-state index >= 15 is 0 Å². The summed E-state index contributed by atoms with van der Waals surface area (Å²) in [4.78, 5) is 4.67. The second-order valence-corrected chi connectivity index (χ2v) is 5.39. The molecule has 0 aliphatic rings. The van der Waals surface area contributed by atoms with Crippen molar-refractivity contribution in [1.82, 2.24) is 4.98 Å². The van der Waals surface area contributed by atoms with E-state index in [1.54, 1.807) is 0 Å². The number of benzene rings is 3. The van der Waals surface area contributed by atoms with Gasteiger partial charge in [-0.3, -0.25) is 0 Å². The minimum atomic E-state index is 0.634. The summed E-state index contributed by atoms with van der Waals surface area (Å²) in [5.74, 6) is 0. The molecule has 0 atom stereocenters. The smallest absolute Gasteiger partial charge is 0.0918 e. The Morgan fingerprint density at radius 3 is 2.43 bits per heavy atom. The lowest BCUT2D eigenvalue weighted by Crippen LogP contribution is -1.93. The highest BCUT2D eigenvalue weighted by Gasteiger charge is 2.10. The van der Waals surface area contributed by atoms with Crippen molar-refractivity contribution in [3.05, 3.63) is 78.5 Å². The molecule has 0 aliphatic heterocycles. The van der Waals surface area contributed by atoms with Crippen molar-refractivity contribution in [3.63, 3.8) is 0 Å². The Bertz CT molecular complexity index is 1020. The fourth-order valence-corrected chi connectivity index (χ4v) is 2.96. The molecule has 0 amide bonds. The summed E-state index contributed by atoms with van der Waals surface area (Å²) in [7, 11) is 0. The first-order valence-electron chi connectivity index (χ1n) is 7.42. The highest BCUT2D eigenvalue weighted by molar-refractivity contribution is 6.10. The summed E-state index contributed by atoms with van der Waals surface area (Å²) in [6.45, 7) is 0. The van der Waals surface area contributed by atoms with Gasteiger partial charge in [-0.1, -0.05) is 71.9 Å². The molecule has 0 radical (unpaired) electrons. The van der Waals surface area contributed by atoms with E-state index < -0.39 is 0 Å². The zero-order valence-electron chi connectivity index (χ0n) is 12.3. The lowest BCUT2D eigenvalue weighted by molar-refractivity contribution is 0.321. The molecule has 0 saturated heterocycles. The lowest BCUT2D eigenvalue weighted by atomic mass is 9.97. The molecule has 3 heteroatoms. The van der Waals surface area contributed by atoms with Gasteiger partial charge in [-0.05, 0) is 22.6 Å². The monoisotopic (exact) mass is 298 g/mol. The van der Waals surface area contributed by atoms with E-state index in [1.807, 2.05) is 36.4 Å². The van der Waals surface area contributed by atoms with E-state index in [2.05, 4.69) is 46.5 Å². The van der Waals surface area contributed by atoms with E-state index in [0.29, 0.717) is 5.69 Å². The van der Waals surface area contributed by atoms with Gasteiger partial charge in [0.2, 0.25) is 0 Å². The molecule has 0 aliphatic carbocycles. The number of oxime groups is 1. The molecule has 4 rings (SSSR count). The lowest BCUT2D eigenvalue weighted by Gasteiger charge is -2.10.